The second-order valence-corrected chi connectivity index (χ2v) is 8.38. The van der Waals surface area contributed by atoms with E-state index in [2.05, 4.69) is 5.32 Å². The Morgan fingerprint density at radius 1 is 1.00 bits per heavy atom. The molecular formula is C19H23FN2O2S. The van der Waals surface area contributed by atoms with Crippen molar-refractivity contribution >= 4 is 10.0 Å². The molecule has 4 nitrogen and oxygen atoms in total. The van der Waals surface area contributed by atoms with E-state index in [9.17, 15) is 12.8 Å². The highest BCUT2D eigenvalue weighted by Crippen LogP contribution is 2.21. The minimum Gasteiger partial charge on any atom is -0.309 e. The third-order valence-electron chi connectivity index (χ3n) is 4.51. The van der Waals surface area contributed by atoms with Crippen LogP contribution in [0.3, 0.4) is 0 Å². The van der Waals surface area contributed by atoms with Gasteiger partial charge in [-0.05, 0) is 54.7 Å². The molecule has 0 amide bonds. The minimum absolute atomic E-state index is 0.196. The monoisotopic (exact) mass is 362 g/mol. The van der Waals surface area contributed by atoms with Gasteiger partial charge >= 0.3 is 0 Å². The second kappa shape index (κ2) is 7.64. The zero-order valence-corrected chi connectivity index (χ0v) is 15.2. The number of nitrogens with one attached hydrogen (secondary N) is 1. The predicted molar refractivity (Wildman–Crippen MR) is 96.1 cm³/mol. The lowest BCUT2D eigenvalue weighted by atomic mass is 10.1. The Kier molecular flexibility index (Phi) is 5.51. The molecule has 3 rings (SSSR count). The van der Waals surface area contributed by atoms with E-state index in [1.54, 1.807) is 29.4 Å². The third kappa shape index (κ3) is 4.26. The number of benzene rings is 2. The topological polar surface area (TPSA) is 49.4 Å². The summed E-state index contributed by atoms with van der Waals surface area (Å²) in [4.78, 5) is 0.354. The van der Waals surface area contributed by atoms with Gasteiger partial charge in [0.05, 0.1) is 4.90 Å². The van der Waals surface area contributed by atoms with Crippen LogP contribution >= 0.6 is 0 Å². The summed E-state index contributed by atoms with van der Waals surface area (Å²) in [5.41, 5.74) is 2.67. The number of hydrogen-bond acceptors (Lipinski definition) is 3. The van der Waals surface area contributed by atoms with Gasteiger partial charge in [-0.2, -0.15) is 4.31 Å². The molecule has 0 spiro atoms. The fraction of sp³-hybridized carbons (Fsp3) is 0.368. The van der Waals surface area contributed by atoms with Crippen molar-refractivity contribution in [2.45, 2.75) is 37.8 Å². The first-order valence-corrected chi connectivity index (χ1v) is 9.96. The van der Waals surface area contributed by atoms with Crippen molar-refractivity contribution in [2.75, 3.05) is 13.1 Å². The van der Waals surface area contributed by atoms with Crippen LogP contribution in [-0.2, 0) is 23.1 Å². The summed E-state index contributed by atoms with van der Waals surface area (Å²) in [5.74, 6) is -0.196. The number of sulfonamides is 1. The maximum atomic E-state index is 13.3. The second-order valence-electron chi connectivity index (χ2n) is 6.44. The van der Waals surface area contributed by atoms with Gasteiger partial charge in [-0.3, -0.25) is 0 Å². The summed E-state index contributed by atoms with van der Waals surface area (Å²) in [6.45, 7) is 4.24. The van der Waals surface area contributed by atoms with Crippen LogP contribution in [0.5, 0.6) is 0 Å². The molecule has 1 aliphatic heterocycles. The Hall–Kier alpha value is -1.76. The molecular weight excluding hydrogens is 339 g/mol. The first-order valence-electron chi connectivity index (χ1n) is 8.52. The van der Waals surface area contributed by atoms with E-state index in [4.69, 9.17) is 0 Å². The number of nitrogens with zero attached hydrogens (tertiary/aromatic N) is 1. The van der Waals surface area contributed by atoms with Gasteiger partial charge in [0.25, 0.3) is 0 Å². The summed E-state index contributed by atoms with van der Waals surface area (Å²) < 4.78 is 39.8. The van der Waals surface area contributed by atoms with Crippen LogP contribution in [0.1, 0.15) is 29.5 Å². The molecule has 2 aromatic rings. The van der Waals surface area contributed by atoms with Gasteiger partial charge < -0.3 is 5.32 Å². The van der Waals surface area contributed by atoms with Crippen LogP contribution < -0.4 is 5.32 Å². The van der Waals surface area contributed by atoms with Crippen LogP contribution in [0.15, 0.2) is 47.4 Å². The molecule has 0 radical (unpaired) electrons. The van der Waals surface area contributed by atoms with Crippen molar-refractivity contribution in [3.05, 3.63) is 65.0 Å². The van der Waals surface area contributed by atoms with Crippen LogP contribution in [0.2, 0.25) is 0 Å². The first-order chi connectivity index (χ1) is 12.0. The van der Waals surface area contributed by atoms with E-state index in [-0.39, 0.29) is 5.82 Å². The summed E-state index contributed by atoms with van der Waals surface area (Å²) >= 11 is 0. The van der Waals surface area contributed by atoms with E-state index >= 15 is 0 Å². The smallest absolute Gasteiger partial charge is 0.243 e. The van der Waals surface area contributed by atoms with Crippen molar-refractivity contribution in [3.8, 4) is 0 Å². The van der Waals surface area contributed by atoms with Gasteiger partial charge in [0, 0.05) is 26.2 Å². The SMILES string of the molecule is Cc1cc(CNCc2ccc(S(=O)(=O)N3CCCC3)cc2)ccc1F. The Labute approximate surface area is 148 Å². The highest BCUT2D eigenvalue weighted by atomic mass is 32.2. The van der Waals surface area contributed by atoms with E-state index in [1.165, 1.54) is 6.07 Å². The standard InChI is InChI=1S/C19H23FN2O2S/c1-15-12-17(6-9-19(15)20)14-21-13-16-4-7-18(8-5-16)25(23,24)22-10-2-3-11-22/h4-9,12,21H,2-3,10-11,13-14H2,1H3. The molecule has 1 N–H and O–H groups in total. The Morgan fingerprint density at radius 3 is 2.24 bits per heavy atom. The summed E-state index contributed by atoms with van der Waals surface area (Å²) in [6.07, 6.45) is 1.87. The Morgan fingerprint density at radius 2 is 1.60 bits per heavy atom. The van der Waals surface area contributed by atoms with Crippen LogP contribution in [0.25, 0.3) is 0 Å². The van der Waals surface area contributed by atoms with Gasteiger partial charge in [-0.1, -0.05) is 24.3 Å². The van der Waals surface area contributed by atoms with Crippen molar-refractivity contribution < 1.29 is 12.8 Å². The van der Waals surface area contributed by atoms with Gasteiger partial charge in [-0.15, -0.1) is 0 Å². The molecule has 0 aromatic heterocycles. The third-order valence-corrected chi connectivity index (χ3v) is 6.42. The van der Waals surface area contributed by atoms with Crippen LogP contribution in [0.4, 0.5) is 4.39 Å². The molecule has 6 heteroatoms. The Bertz CT molecular complexity index is 829. The lowest BCUT2D eigenvalue weighted by molar-refractivity contribution is 0.477. The lowest BCUT2D eigenvalue weighted by Crippen LogP contribution is -2.27. The zero-order valence-electron chi connectivity index (χ0n) is 14.3. The lowest BCUT2D eigenvalue weighted by Gasteiger charge is -2.15. The number of rotatable bonds is 6. The largest absolute Gasteiger partial charge is 0.309 e. The number of halogens is 1. The van der Waals surface area contributed by atoms with E-state index in [0.717, 1.165) is 24.0 Å². The molecule has 0 aliphatic carbocycles. The molecule has 1 aliphatic rings. The van der Waals surface area contributed by atoms with Gasteiger partial charge in [0.15, 0.2) is 0 Å². The predicted octanol–water partition coefficient (Wildman–Crippen LogP) is 3.21. The van der Waals surface area contributed by atoms with Gasteiger partial charge in [0.1, 0.15) is 5.82 Å². The molecule has 1 fully saturated rings. The molecule has 1 heterocycles. The highest BCUT2D eigenvalue weighted by molar-refractivity contribution is 7.89. The molecule has 0 bridgehead atoms. The quantitative estimate of drug-likeness (QED) is 0.858. The molecule has 2 aromatic carbocycles. The maximum absolute atomic E-state index is 13.3. The molecule has 25 heavy (non-hydrogen) atoms. The van der Waals surface area contributed by atoms with Crippen molar-refractivity contribution in [3.63, 3.8) is 0 Å². The maximum Gasteiger partial charge on any atom is 0.243 e. The summed E-state index contributed by atoms with van der Waals surface area (Å²) in [7, 11) is -3.35. The average molecular weight is 362 g/mol. The summed E-state index contributed by atoms with van der Waals surface area (Å²) in [6, 6.07) is 12.1. The van der Waals surface area contributed by atoms with Crippen molar-refractivity contribution in [1.29, 1.82) is 0 Å². The van der Waals surface area contributed by atoms with Crippen molar-refractivity contribution in [2.24, 2.45) is 0 Å². The van der Waals surface area contributed by atoms with Crippen LogP contribution in [-0.4, -0.2) is 25.8 Å². The van der Waals surface area contributed by atoms with Crippen LogP contribution in [0, 0.1) is 12.7 Å². The van der Waals surface area contributed by atoms with E-state index in [0.29, 0.717) is 36.6 Å². The fourth-order valence-electron chi connectivity index (χ4n) is 3.02. The molecule has 1 saturated heterocycles. The number of aryl methyl sites for hydroxylation is 1. The number of hydrogen-bond donors (Lipinski definition) is 1. The molecule has 0 saturated carbocycles. The fourth-order valence-corrected chi connectivity index (χ4v) is 4.54. The van der Waals surface area contributed by atoms with Crippen molar-refractivity contribution in [1.82, 2.24) is 9.62 Å². The summed E-state index contributed by atoms with van der Waals surface area (Å²) in [5, 5.41) is 3.30. The molecule has 0 unspecified atom stereocenters. The van der Waals surface area contributed by atoms with Gasteiger partial charge in [-0.25, -0.2) is 12.8 Å². The normalized spacial score (nSPS) is 15.6. The molecule has 134 valence electrons. The average Bonchev–Trinajstić information content (AvgIpc) is 3.14. The molecule has 0 atom stereocenters. The zero-order chi connectivity index (χ0) is 17.9. The Balaban J connectivity index is 1.58. The van der Waals surface area contributed by atoms with E-state index < -0.39 is 10.0 Å². The first kappa shape index (κ1) is 18.0. The highest BCUT2D eigenvalue weighted by Gasteiger charge is 2.26. The van der Waals surface area contributed by atoms with E-state index in [1.807, 2.05) is 18.2 Å². The van der Waals surface area contributed by atoms with Gasteiger partial charge in [0.2, 0.25) is 10.0 Å². The minimum atomic E-state index is -3.35.